The minimum atomic E-state index is -0.687. The average molecular weight is 399 g/mol. The summed E-state index contributed by atoms with van der Waals surface area (Å²) in [5.74, 6) is -0.329. The van der Waals surface area contributed by atoms with Crippen LogP contribution in [0.25, 0.3) is 5.57 Å². The third kappa shape index (κ3) is 3.93. The summed E-state index contributed by atoms with van der Waals surface area (Å²) >= 11 is 0. The number of nitrogens with one attached hydrogen (secondary N) is 1. The van der Waals surface area contributed by atoms with Gasteiger partial charge in [0.05, 0.1) is 22.7 Å². The first-order valence-corrected chi connectivity index (χ1v) is 10.1. The highest BCUT2D eigenvalue weighted by molar-refractivity contribution is 6.24. The standard InChI is InChI=1S/C23H30N2O4/c1-13(2)22(27)29-20-19(18-15(4)11-14(3)12-16(18)5)21(26)24-23(20)9-7-17(8-10-23)25-28-6/h11-13H,7-10H2,1-6H3,(H,24,26). The number of oxime groups is 1. The summed E-state index contributed by atoms with van der Waals surface area (Å²) in [6, 6.07) is 4.11. The normalized spacial score (nSPS) is 21.6. The Morgan fingerprint density at radius 1 is 1.14 bits per heavy atom. The fraction of sp³-hybridized carbons (Fsp3) is 0.522. The highest BCUT2D eigenvalue weighted by Gasteiger charge is 2.50. The van der Waals surface area contributed by atoms with Gasteiger partial charge in [0.15, 0.2) is 0 Å². The minimum Gasteiger partial charge on any atom is -0.427 e. The van der Waals surface area contributed by atoms with Crippen LogP contribution in [0.5, 0.6) is 0 Å². The van der Waals surface area contributed by atoms with Crippen LogP contribution in [0.4, 0.5) is 0 Å². The van der Waals surface area contributed by atoms with Crippen LogP contribution in [0.1, 0.15) is 61.8 Å². The van der Waals surface area contributed by atoms with Gasteiger partial charge in [0, 0.05) is 0 Å². The van der Waals surface area contributed by atoms with Gasteiger partial charge in [-0.25, -0.2) is 0 Å². The van der Waals surface area contributed by atoms with E-state index in [1.165, 1.54) is 7.11 Å². The largest absolute Gasteiger partial charge is 0.427 e. The van der Waals surface area contributed by atoms with E-state index in [0.717, 1.165) is 28.0 Å². The van der Waals surface area contributed by atoms with E-state index < -0.39 is 5.54 Å². The zero-order chi connectivity index (χ0) is 21.3. The van der Waals surface area contributed by atoms with Crippen LogP contribution in [-0.4, -0.2) is 30.2 Å². The molecule has 0 bridgehead atoms. The van der Waals surface area contributed by atoms with Gasteiger partial charge in [-0.3, -0.25) is 9.59 Å². The number of benzene rings is 1. The van der Waals surface area contributed by atoms with Gasteiger partial charge in [-0.15, -0.1) is 0 Å². The summed E-state index contributed by atoms with van der Waals surface area (Å²) < 4.78 is 5.93. The van der Waals surface area contributed by atoms with Crippen LogP contribution >= 0.6 is 0 Å². The molecule has 2 aliphatic rings. The minimum absolute atomic E-state index is 0.182. The number of amides is 1. The van der Waals surface area contributed by atoms with Gasteiger partial charge < -0.3 is 14.9 Å². The van der Waals surface area contributed by atoms with Crippen molar-refractivity contribution in [3.8, 4) is 0 Å². The molecule has 1 aliphatic heterocycles. The molecule has 1 aliphatic carbocycles. The van der Waals surface area contributed by atoms with Crippen molar-refractivity contribution in [2.24, 2.45) is 11.1 Å². The van der Waals surface area contributed by atoms with Gasteiger partial charge in [0.2, 0.25) is 0 Å². The molecular weight excluding hydrogens is 368 g/mol. The molecule has 0 saturated heterocycles. The van der Waals surface area contributed by atoms with Crippen molar-refractivity contribution in [2.45, 2.75) is 65.8 Å². The maximum absolute atomic E-state index is 13.2. The van der Waals surface area contributed by atoms with Crippen molar-refractivity contribution >= 4 is 23.2 Å². The molecular formula is C23H30N2O4. The van der Waals surface area contributed by atoms with Crippen molar-refractivity contribution in [2.75, 3.05) is 7.11 Å². The van der Waals surface area contributed by atoms with E-state index in [-0.39, 0.29) is 17.8 Å². The number of esters is 1. The quantitative estimate of drug-likeness (QED) is 0.615. The van der Waals surface area contributed by atoms with E-state index in [9.17, 15) is 9.59 Å². The summed E-state index contributed by atoms with van der Waals surface area (Å²) in [5, 5.41) is 7.22. The number of nitrogens with zero attached hydrogens (tertiary/aromatic N) is 1. The molecule has 1 heterocycles. The smallest absolute Gasteiger partial charge is 0.313 e. The molecule has 1 aromatic rings. The Kier molecular flexibility index (Phi) is 5.82. The van der Waals surface area contributed by atoms with E-state index in [1.54, 1.807) is 13.8 Å². The first-order valence-electron chi connectivity index (χ1n) is 10.1. The molecule has 0 radical (unpaired) electrons. The predicted octanol–water partition coefficient (Wildman–Crippen LogP) is 3.97. The van der Waals surface area contributed by atoms with Crippen LogP contribution < -0.4 is 5.32 Å². The molecule has 1 N–H and O–H groups in total. The molecule has 0 atom stereocenters. The van der Waals surface area contributed by atoms with Gasteiger partial charge in [-0.1, -0.05) is 36.7 Å². The summed E-state index contributed by atoms with van der Waals surface area (Å²) in [5.41, 5.74) is 4.75. The Bertz CT molecular complexity index is 878. The van der Waals surface area contributed by atoms with Gasteiger partial charge in [0.25, 0.3) is 5.91 Å². The Labute approximate surface area is 172 Å². The zero-order valence-corrected chi connectivity index (χ0v) is 18.1. The Morgan fingerprint density at radius 2 is 1.72 bits per heavy atom. The van der Waals surface area contributed by atoms with Crippen LogP contribution in [0.15, 0.2) is 23.0 Å². The van der Waals surface area contributed by atoms with Crippen molar-refractivity contribution in [3.05, 3.63) is 40.1 Å². The maximum atomic E-state index is 13.2. The van der Waals surface area contributed by atoms with Crippen LogP contribution in [-0.2, 0) is 19.2 Å². The number of carbonyl (C=O) groups excluding carboxylic acids is 2. The monoisotopic (exact) mass is 398 g/mol. The Morgan fingerprint density at radius 3 is 2.24 bits per heavy atom. The molecule has 29 heavy (non-hydrogen) atoms. The van der Waals surface area contributed by atoms with E-state index in [2.05, 4.69) is 22.6 Å². The van der Waals surface area contributed by atoms with Crippen molar-refractivity contribution < 1.29 is 19.2 Å². The lowest BCUT2D eigenvalue weighted by Gasteiger charge is -2.35. The summed E-state index contributed by atoms with van der Waals surface area (Å²) in [4.78, 5) is 30.7. The first-order chi connectivity index (χ1) is 13.7. The molecule has 6 heteroatoms. The number of ether oxygens (including phenoxy) is 1. The number of rotatable bonds is 4. The fourth-order valence-electron chi connectivity index (χ4n) is 4.39. The van der Waals surface area contributed by atoms with Gasteiger partial charge >= 0.3 is 5.97 Å². The number of carbonyl (C=O) groups is 2. The van der Waals surface area contributed by atoms with E-state index in [4.69, 9.17) is 9.57 Å². The fourth-order valence-corrected chi connectivity index (χ4v) is 4.39. The maximum Gasteiger partial charge on any atom is 0.313 e. The topological polar surface area (TPSA) is 77.0 Å². The summed E-state index contributed by atoms with van der Waals surface area (Å²) in [6.07, 6.45) is 2.59. The van der Waals surface area contributed by atoms with E-state index in [1.807, 2.05) is 20.8 Å². The Hall–Kier alpha value is -2.63. The van der Waals surface area contributed by atoms with Crippen LogP contribution in [0.3, 0.4) is 0 Å². The number of hydrogen-bond acceptors (Lipinski definition) is 5. The highest BCUT2D eigenvalue weighted by atomic mass is 16.6. The predicted molar refractivity (Wildman–Crippen MR) is 112 cm³/mol. The molecule has 6 nitrogen and oxygen atoms in total. The lowest BCUT2D eigenvalue weighted by Crippen LogP contribution is -2.48. The summed E-state index contributed by atoms with van der Waals surface area (Å²) in [7, 11) is 1.53. The second kappa shape index (κ2) is 8.01. The molecule has 1 saturated carbocycles. The van der Waals surface area contributed by atoms with Gasteiger partial charge in [0.1, 0.15) is 12.9 Å². The van der Waals surface area contributed by atoms with E-state index in [0.29, 0.717) is 37.0 Å². The van der Waals surface area contributed by atoms with E-state index >= 15 is 0 Å². The Balaban J connectivity index is 2.14. The molecule has 0 aromatic heterocycles. The molecule has 1 spiro atoms. The third-order valence-corrected chi connectivity index (χ3v) is 5.74. The molecule has 1 aromatic carbocycles. The second-order valence-electron chi connectivity index (χ2n) is 8.43. The lowest BCUT2D eigenvalue weighted by atomic mass is 9.79. The number of aryl methyl sites for hydroxylation is 3. The lowest BCUT2D eigenvalue weighted by molar-refractivity contribution is -0.144. The summed E-state index contributed by atoms with van der Waals surface area (Å²) in [6.45, 7) is 9.61. The van der Waals surface area contributed by atoms with Crippen LogP contribution in [0, 0.1) is 26.7 Å². The molecule has 1 fully saturated rings. The molecule has 1 amide bonds. The van der Waals surface area contributed by atoms with Crippen molar-refractivity contribution in [1.29, 1.82) is 0 Å². The first kappa shape index (κ1) is 21.1. The highest BCUT2D eigenvalue weighted by Crippen LogP contribution is 2.44. The van der Waals surface area contributed by atoms with Crippen molar-refractivity contribution in [1.82, 2.24) is 5.32 Å². The SMILES string of the molecule is CON=C1CCC2(CC1)NC(=O)C(c1c(C)cc(C)cc1C)=C2OC(=O)C(C)C. The molecule has 156 valence electrons. The average Bonchev–Trinajstić information content (AvgIpc) is 2.88. The molecule has 3 rings (SSSR count). The molecule has 0 unspecified atom stereocenters. The van der Waals surface area contributed by atoms with Gasteiger partial charge in [-0.2, -0.15) is 0 Å². The van der Waals surface area contributed by atoms with Crippen LogP contribution in [0.2, 0.25) is 0 Å². The second-order valence-corrected chi connectivity index (χ2v) is 8.43. The van der Waals surface area contributed by atoms with Crippen molar-refractivity contribution in [3.63, 3.8) is 0 Å². The zero-order valence-electron chi connectivity index (χ0n) is 18.1. The van der Waals surface area contributed by atoms with Gasteiger partial charge in [-0.05, 0) is 63.1 Å². The number of hydrogen-bond donors (Lipinski definition) is 1. The third-order valence-electron chi connectivity index (χ3n) is 5.74.